The van der Waals surface area contributed by atoms with Gasteiger partial charge in [0.05, 0.1) is 6.61 Å². The SMILES string of the molecule is C[C@](O)(CO)c1cc(F)c(S(N)(=O)=O)s1. The van der Waals surface area contributed by atoms with Crippen LogP contribution in [0.25, 0.3) is 0 Å². The monoisotopic (exact) mass is 255 g/mol. The number of aliphatic hydroxyl groups is 2. The molecule has 0 bridgehead atoms. The number of thiophene rings is 1. The van der Waals surface area contributed by atoms with E-state index in [4.69, 9.17) is 10.2 Å². The summed E-state index contributed by atoms with van der Waals surface area (Å²) < 4.78 is 34.3. The van der Waals surface area contributed by atoms with Crippen molar-refractivity contribution >= 4 is 21.4 Å². The first kappa shape index (κ1) is 12.5. The van der Waals surface area contributed by atoms with Crippen LogP contribution in [-0.4, -0.2) is 25.2 Å². The molecule has 0 saturated carbocycles. The highest BCUT2D eigenvalue weighted by Gasteiger charge is 2.29. The first-order chi connectivity index (χ1) is 6.68. The van der Waals surface area contributed by atoms with E-state index in [2.05, 4.69) is 0 Å². The van der Waals surface area contributed by atoms with Gasteiger partial charge in [0, 0.05) is 4.88 Å². The molecule has 0 aliphatic heterocycles. The summed E-state index contributed by atoms with van der Waals surface area (Å²) in [4.78, 5) is 0.00604. The van der Waals surface area contributed by atoms with E-state index in [9.17, 15) is 17.9 Å². The van der Waals surface area contributed by atoms with Crippen LogP contribution in [0.5, 0.6) is 0 Å². The van der Waals surface area contributed by atoms with Gasteiger partial charge < -0.3 is 10.2 Å². The predicted octanol–water partition coefficient (Wildman–Crippen LogP) is -0.266. The molecule has 15 heavy (non-hydrogen) atoms. The summed E-state index contributed by atoms with van der Waals surface area (Å²) in [6, 6.07) is 0.848. The maximum Gasteiger partial charge on any atom is 0.250 e. The largest absolute Gasteiger partial charge is 0.393 e. The van der Waals surface area contributed by atoms with Crippen molar-refractivity contribution in [3.05, 3.63) is 16.8 Å². The fraction of sp³-hybridized carbons (Fsp3) is 0.429. The zero-order chi connectivity index (χ0) is 11.9. The van der Waals surface area contributed by atoms with Gasteiger partial charge in [-0.3, -0.25) is 0 Å². The van der Waals surface area contributed by atoms with Crippen molar-refractivity contribution in [1.29, 1.82) is 0 Å². The minimum Gasteiger partial charge on any atom is -0.393 e. The summed E-state index contributed by atoms with van der Waals surface area (Å²) in [7, 11) is -4.13. The number of rotatable bonds is 3. The molecule has 1 rings (SSSR count). The Labute approximate surface area is 90.0 Å². The lowest BCUT2D eigenvalue weighted by Gasteiger charge is -2.17. The lowest BCUT2D eigenvalue weighted by molar-refractivity contribution is 0.000655. The normalized spacial score (nSPS) is 16.3. The summed E-state index contributed by atoms with van der Waals surface area (Å²) in [5.74, 6) is -1.02. The molecule has 0 aliphatic rings. The molecule has 1 heterocycles. The Bertz CT molecular complexity index is 465. The second-order valence-corrected chi connectivity index (χ2v) is 6.03. The number of hydrogen-bond acceptors (Lipinski definition) is 5. The van der Waals surface area contributed by atoms with Gasteiger partial charge in [0.25, 0.3) is 10.0 Å². The van der Waals surface area contributed by atoms with Crippen LogP contribution in [-0.2, 0) is 15.6 Å². The smallest absolute Gasteiger partial charge is 0.250 e. The number of sulfonamides is 1. The molecule has 4 N–H and O–H groups in total. The van der Waals surface area contributed by atoms with E-state index < -0.39 is 32.3 Å². The van der Waals surface area contributed by atoms with Crippen LogP contribution in [0.3, 0.4) is 0 Å². The fourth-order valence-corrected chi connectivity index (χ4v) is 2.76. The van der Waals surface area contributed by atoms with E-state index in [0.29, 0.717) is 11.3 Å². The number of halogens is 1. The molecule has 0 spiro atoms. The lowest BCUT2D eigenvalue weighted by Crippen LogP contribution is -2.24. The van der Waals surface area contributed by atoms with Crippen molar-refractivity contribution in [3.63, 3.8) is 0 Å². The van der Waals surface area contributed by atoms with Crippen molar-refractivity contribution < 1.29 is 23.0 Å². The van der Waals surface area contributed by atoms with Crippen molar-refractivity contribution in [2.24, 2.45) is 5.14 Å². The number of aliphatic hydroxyl groups excluding tert-OH is 1. The van der Waals surface area contributed by atoms with Gasteiger partial charge >= 0.3 is 0 Å². The van der Waals surface area contributed by atoms with Gasteiger partial charge in [0.15, 0.2) is 10.0 Å². The third kappa shape index (κ3) is 2.52. The Kier molecular flexibility index (Phi) is 3.17. The van der Waals surface area contributed by atoms with Gasteiger partial charge in [-0.25, -0.2) is 17.9 Å². The van der Waals surface area contributed by atoms with Crippen LogP contribution >= 0.6 is 11.3 Å². The van der Waals surface area contributed by atoms with Crippen LogP contribution in [0.4, 0.5) is 4.39 Å². The van der Waals surface area contributed by atoms with Crippen molar-refractivity contribution in [2.45, 2.75) is 16.7 Å². The molecular weight excluding hydrogens is 245 g/mol. The molecule has 5 nitrogen and oxygen atoms in total. The lowest BCUT2D eigenvalue weighted by atomic mass is 10.1. The molecule has 1 atom stereocenters. The van der Waals surface area contributed by atoms with Crippen molar-refractivity contribution in [3.8, 4) is 0 Å². The zero-order valence-corrected chi connectivity index (χ0v) is 9.40. The molecule has 86 valence electrons. The van der Waals surface area contributed by atoms with E-state index in [1.807, 2.05) is 0 Å². The molecule has 8 heteroatoms. The molecule has 0 aliphatic carbocycles. The molecule has 1 aromatic heterocycles. The summed E-state index contributed by atoms with van der Waals surface area (Å²) >= 11 is 0.500. The Morgan fingerprint density at radius 3 is 2.53 bits per heavy atom. The fourth-order valence-electron chi connectivity index (χ4n) is 0.889. The van der Waals surface area contributed by atoms with Crippen molar-refractivity contribution in [1.82, 2.24) is 0 Å². The van der Waals surface area contributed by atoms with Crippen LogP contribution < -0.4 is 5.14 Å². The van der Waals surface area contributed by atoms with Gasteiger partial charge in [-0.2, -0.15) is 0 Å². The minimum atomic E-state index is -4.13. The molecule has 0 aromatic carbocycles. The van der Waals surface area contributed by atoms with E-state index >= 15 is 0 Å². The Hall–Kier alpha value is -0.540. The highest BCUT2D eigenvalue weighted by molar-refractivity contribution is 7.91. The number of nitrogens with two attached hydrogens (primary N) is 1. The molecule has 0 fully saturated rings. The molecule has 0 unspecified atom stereocenters. The molecular formula is C7H10FNO4S2. The highest BCUT2D eigenvalue weighted by atomic mass is 32.2. The van der Waals surface area contributed by atoms with E-state index in [1.165, 1.54) is 6.92 Å². The van der Waals surface area contributed by atoms with Gasteiger partial charge in [-0.05, 0) is 13.0 Å². The van der Waals surface area contributed by atoms with Gasteiger partial charge in [-0.15, -0.1) is 11.3 Å². The Balaban J connectivity index is 3.30. The standard InChI is InChI=1S/C7H10FNO4S2/c1-7(11,3-10)5-2-4(8)6(14-5)15(9,12)13/h2,10-11H,3H2,1H3,(H2,9,12,13)/t7-/m0/s1. The van der Waals surface area contributed by atoms with E-state index in [-0.39, 0.29) is 4.88 Å². The molecule has 0 radical (unpaired) electrons. The predicted molar refractivity (Wildman–Crippen MR) is 52.3 cm³/mol. The number of hydrogen-bond donors (Lipinski definition) is 3. The molecule has 0 saturated heterocycles. The second-order valence-electron chi connectivity index (χ2n) is 3.22. The third-order valence-electron chi connectivity index (χ3n) is 1.75. The van der Waals surface area contributed by atoms with Gasteiger partial charge in [-0.1, -0.05) is 0 Å². The van der Waals surface area contributed by atoms with Crippen LogP contribution in [0.2, 0.25) is 0 Å². The Morgan fingerprint density at radius 1 is 1.67 bits per heavy atom. The topological polar surface area (TPSA) is 101 Å². The van der Waals surface area contributed by atoms with E-state index in [1.54, 1.807) is 0 Å². The summed E-state index contributed by atoms with van der Waals surface area (Å²) in [5, 5.41) is 23.1. The zero-order valence-electron chi connectivity index (χ0n) is 7.77. The summed E-state index contributed by atoms with van der Waals surface area (Å²) in [6.07, 6.45) is 0. The average Bonchev–Trinajstić information content (AvgIpc) is 2.47. The highest BCUT2D eigenvalue weighted by Crippen LogP contribution is 2.32. The first-order valence-electron chi connectivity index (χ1n) is 3.84. The van der Waals surface area contributed by atoms with Gasteiger partial charge in [0.2, 0.25) is 0 Å². The molecule has 0 amide bonds. The van der Waals surface area contributed by atoms with Crippen molar-refractivity contribution in [2.75, 3.05) is 6.61 Å². The second kappa shape index (κ2) is 3.80. The maximum atomic E-state index is 13.1. The van der Waals surface area contributed by atoms with Crippen LogP contribution in [0, 0.1) is 5.82 Å². The molecule has 1 aromatic rings. The third-order valence-corrected chi connectivity index (χ3v) is 4.57. The summed E-state index contributed by atoms with van der Waals surface area (Å²) in [6.45, 7) is 0.599. The quantitative estimate of drug-likeness (QED) is 0.692. The summed E-state index contributed by atoms with van der Waals surface area (Å²) in [5.41, 5.74) is -1.67. The van der Waals surface area contributed by atoms with Crippen LogP contribution in [0.1, 0.15) is 11.8 Å². The first-order valence-corrected chi connectivity index (χ1v) is 6.20. The average molecular weight is 255 g/mol. The van der Waals surface area contributed by atoms with Crippen LogP contribution in [0.15, 0.2) is 10.3 Å². The minimum absolute atomic E-state index is 0.00604. The Morgan fingerprint density at radius 2 is 2.20 bits per heavy atom. The van der Waals surface area contributed by atoms with E-state index in [0.717, 1.165) is 6.07 Å². The maximum absolute atomic E-state index is 13.1. The van der Waals surface area contributed by atoms with Gasteiger partial charge in [0.1, 0.15) is 5.60 Å². The number of primary sulfonamides is 1.